The summed E-state index contributed by atoms with van der Waals surface area (Å²) in [6.07, 6.45) is 0.0807. The van der Waals surface area contributed by atoms with Crippen molar-refractivity contribution in [3.63, 3.8) is 0 Å². The first-order chi connectivity index (χ1) is 16.6. The lowest BCUT2D eigenvalue weighted by Crippen LogP contribution is -2.14. The number of benzene rings is 2. The predicted octanol–water partition coefficient (Wildman–Crippen LogP) is 5.10. The van der Waals surface area contributed by atoms with Gasteiger partial charge in [-0.25, -0.2) is 15.0 Å². The molecule has 0 spiro atoms. The minimum absolute atomic E-state index is 0.0807. The van der Waals surface area contributed by atoms with Gasteiger partial charge in [-0.3, -0.25) is 9.59 Å². The fourth-order valence-electron chi connectivity index (χ4n) is 3.09. The van der Waals surface area contributed by atoms with E-state index in [0.717, 1.165) is 22.5 Å². The second-order valence-electron chi connectivity index (χ2n) is 7.12. The first-order valence-corrected chi connectivity index (χ1v) is 12.5. The second-order valence-corrected chi connectivity index (χ2v) is 8.92. The number of carbonyl (C=O) groups is 2. The third-order valence-electron chi connectivity index (χ3n) is 4.61. The van der Waals surface area contributed by atoms with Crippen molar-refractivity contribution in [2.45, 2.75) is 18.5 Å². The van der Waals surface area contributed by atoms with E-state index in [1.165, 1.54) is 23.1 Å². The SMILES string of the molecule is CCOC(=O)Cc1csc(NC(=O)CSc2nc(-c3ccccc3)cc(-c3ccccc3)n2)n1. The summed E-state index contributed by atoms with van der Waals surface area (Å²) in [5.41, 5.74) is 4.11. The molecule has 7 nitrogen and oxygen atoms in total. The number of carbonyl (C=O) groups excluding carboxylic acids is 2. The summed E-state index contributed by atoms with van der Waals surface area (Å²) in [4.78, 5) is 37.7. The molecule has 0 unspecified atom stereocenters. The molecule has 4 rings (SSSR count). The van der Waals surface area contributed by atoms with Gasteiger partial charge in [-0.15, -0.1) is 11.3 Å². The summed E-state index contributed by atoms with van der Waals surface area (Å²) in [6.45, 7) is 2.08. The van der Waals surface area contributed by atoms with Gasteiger partial charge in [-0.05, 0) is 13.0 Å². The molecular formula is C25H22N4O3S2. The molecule has 0 aliphatic carbocycles. The van der Waals surface area contributed by atoms with Crippen molar-refractivity contribution in [3.05, 3.63) is 77.8 Å². The largest absolute Gasteiger partial charge is 0.466 e. The quantitative estimate of drug-likeness (QED) is 0.198. The first-order valence-electron chi connectivity index (χ1n) is 10.6. The van der Waals surface area contributed by atoms with Gasteiger partial charge >= 0.3 is 5.97 Å². The molecule has 172 valence electrons. The van der Waals surface area contributed by atoms with E-state index in [2.05, 4.69) is 20.3 Å². The van der Waals surface area contributed by atoms with Gasteiger partial charge < -0.3 is 10.1 Å². The van der Waals surface area contributed by atoms with Crippen molar-refractivity contribution in [1.82, 2.24) is 15.0 Å². The van der Waals surface area contributed by atoms with Gasteiger partial charge in [0.1, 0.15) is 0 Å². The monoisotopic (exact) mass is 490 g/mol. The van der Waals surface area contributed by atoms with Gasteiger partial charge in [-0.2, -0.15) is 0 Å². The number of thiazole rings is 1. The number of rotatable bonds is 9. The van der Waals surface area contributed by atoms with E-state index in [4.69, 9.17) is 4.74 Å². The van der Waals surface area contributed by atoms with E-state index in [-0.39, 0.29) is 24.1 Å². The third-order valence-corrected chi connectivity index (χ3v) is 6.26. The summed E-state index contributed by atoms with van der Waals surface area (Å²) < 4.78 is 4.93. The smallest absolute Gasteiger partial charge is 0.311 e. The van der Waals surface area contributed by atoms with E-state index in [0.29, 0.717) is 22.6 Å². The maximum absolute atomic E-state index is 12.5. The van der Waals surface area contributed by atoms with Gasteiger partial charge in [0.05, 0.1) is 35.9 Å². The van der Waals surface area contributed by atoms with Crippen LogP contribution in [0, 0.1) is 0 Å². The molecule has 0 atom stereocenters. The molecule has 2 aromatic heterocycles. The zero-order chi connectivity index (χ0) is 23.8. The van der Waals surface area contributed by atoms with Crippen molar-refractivity contribution in [2.75, 3.05) is 17.7 Å². The zero-order valence-corrected chi connectivity index (χ0v) is 20.1. The number of hydrogen-bond donors (Lipinski definition) is 1. The Labute approximate surface area is 205 Å². The maximum atomic E-state index is 12.5. The molecule has 9 heteroatoms. The highest BCUT2D eigenvalue weighted by Crippen LogP contribution is 2.27. The number of nitrogens with zero attached hydrogens (tertiary/aromatic N) is 3. The van der Waals surface area contributed by atoms with E-state index in [9.17, 15) is 9.59 Å². The summed E-state index contributed by atoms with van der Waals surface area (Å²) in [5, 5.41) is 5.46. The fraction of sp³-hybridized carbons (Fsp3) is 0.160. The van der Waals surface area contributed by atoms with Crippen molar-refractivity contribution < 1.29 is 14.3 Å². The normalized spacial score (nSPS) is 10.6. The molecule has 2 aromatic carbocycles. The van der Waals surface area contributed by atoms with Crippen LogP contribution >= 0.6 is 23.1 Å². The van der Waals surface area contributed by atoms with Crippen LogP contribution in [0.15, 0.2) is 77.3 Å². The average molecular weight is 491 g/mol. The van der Waals surface area contributed by atoms with Crippen molar-refractivity contribution >= 4 is 40.1 Å². The van der Waals surface area contributed by atoms with Crippen LogP contribution in [0.1, 0.15) is 12.6 Å². The van der Waals surface area contributed by atoms with Gasteiger partial charge in [0.2, 0.25) is 5.91 Å². The standard InChI is InChI=1S/C25H22N4O3S2/c1-2-32-23(31)13-19-15-33-24(26-19)29-22(30)16-34-25-27-20(17-9-5-3-6-10-17)14-21(28-25)18-11-7-4-8-12-18/h3-12,14-15H,2,13,16H2,1H3,(H,26,29,30). The van der Waals surface area contributed by atoms with Crippen LogP contribution in [0.5, 0.6) is 0 Å². The highest BCUT2D eigenvalue weighted by molar-refractivity contribution is 7.99. The van der Waals surface area contributed by atoms with Crippen LogP contribution in [-0.2, 0) is 20.7 Å². The first kappa shape index (κ1) is 23.6. The lowest BCUT2D eigenvalue weighted by molar-refractivity contribution is -0.142. The van der Waals surface area contributed by atoms with Gasteiger partial charge in [0.25, 0.3) is 0 Å². The van der Waals surface area contributed by atoms with Gasteiger partial charge in [0.15, 0.2) is 10.3 Å². The summed E-state index contributed by atoms with van der Waals surface area (Å²) >= 11 is 2.53. The molecule has 0 fully saturated rings. The topological polar surface area (TPSA) is 94.1 Å². The number of aromatic nitrogens is 3. The summed E-state index contributed by atoms with van der Waals surface area (Å²) in [7, 11) is 0. The molecule has 1 amide bonds. The van der Waals surface area contributed by atoms with Crippen LogP contribution in [0.4, 0.5) is 5.13 Å². The minimum atomic E-state index is -0.342. The van der Waals surface area contributed by atoms with Crippen molar-refractivity contribution in [2.24, 2.45) is 0 Å². The molecule has 0 aliphatic rings. The van der Waals surface area contributed by atoms with Crippen molar-refractivity contribution in [3.8, 4) is 22.5 Å². The van der Waals surface area contributed by atoms with E-state index >= 15 is 0 Å². The molecular weight excluding hydrogens is 468 g/mol. The number of anilines is 1. The fourth-order valence-corrected chi connectivity index (χ4v) is 4.48. The Bertz CT molecular complexity index is 1210. The highest BCUT2D eigenvalue weighted by atomic mass is 32.2. The second kappa shape index (κ2) is 11.5. The van der Waals surface area contributed by atoms with Crippen molar-refractivity contribution in [1.29, 1.82) is 0 Å². The third kappa shape index (κ3) is 6.49. The van der Waals surface area contributed by atoms with E-state index in [1.807, 2.05) is 66.7 Å². The number of esters is 1. The van der Waals surface area contributed by atoms with E-state index in [1.54, 1.807) is 12.3 Å². The van der Waals surface area contributed by atoms with Crippen LogP contribution in [0.3, 0.4) is 0 Å². The molecule has 2 heterocycles. The molecule has 0 radical (unpaired) electrons. The number of thioether (sulfide) groups is 1. The van der Waals surface area contributed by atoms with Crippen LogP contribution in [-0.4, -0.2) is 39.2 Å². The predicted molar refractivity (Wildman–Crippen MR) is 135 cm³/mol. The Morgan fingerprint density at radius 2 is 1.56 bits per heavy atom. The van der Waals surface area contributed by atoms with Gasteiger partial charge in [-0.1, -0.05) is 72.4 Å². The number of ether oxygens (including phenoxy) is 1. The summed E-state index contributed by atoms with van der Waals surface area (Å²) in [6, 6.07) is 21.7. The molecule has 34 heavy (non-hydrogen) atoms. The van der Waals surface area contributed by atoms with E-state index < -0.39 is 0 Å². The lowest BCUT2D eigenvalue weighted by Gasteiger charge is -2.08. The Kier molecular flexibility index (Phi) is 8.00. The van der Waals surface area contributed by atoms with Gasteiger partial charge in [0, 0.05) is 16.5 Å². The molecule has 0 saturated carbocycles. The minimum Gasteiger partial charge on any atom is -0.466 e. The average Bonchev–Trinajstić information content (AvgIpc) is 3.30. The van der Waals surface area contributed by atoms with Crippen LogP contribution < -0.4 is 5.32 Å². The number of hydrogen-bond acceptors (Lipinski definition) is 8. The number of amides is 1. The maximum Gasteiger partial charge on any atom is 0.311 e. The van der Waals surface area contributed by atoms with Crippen LogP contribution in [0.2, 0.25) is 0 Å². The molecule has 4 aromatic rings. The molecule has 0 saturated heterocycles. The molecule has 0 aliphatic heterocycles. The highest BCUT2D eigenvalue weighted by Gasteiger charge is 2.13. The Hall–Kier alpha value is -3.56. The number of nitrogens with one attached hydrogen (secondary N) is 1. The lowest BCUT2D eigenvalue weighted by atomic mass is 10.1. The Balaban J connectivity index is 1.45. The zero-order valence-electron chi connectivity index (χ0n) is 18.4. The summed E-state index contributed by atoms with van der Waals surface area (Å²) in [5.74, 6) is -0.442. The van der Waals surface area contributed by atoms with Crippen LogP contribution in [0.25, 0.3) is 22.5 Å². The Morgan fingerprint density at radius 1 is 0.941 bits per heavy atom. The molecule has 0 bridgehead atoms. The molecule has 1 N–H and O–H groups in total. The Morgan fingerprint density at radius 3 is 2.15 bits per heavy atom.